The number of benzene rings is 1. The maximum absolute atomic E-state index is 13.3. The maximum Gasteiger partial charge on any atom is 0.416 e. The fourth-order valence-corrected chi connectivity index (χ4v) is 3.11. The molecule has 0 radical (unpaired) electrons. The molecular weight excluding hydrogens is 365 g/mol. The minimum atomic E-state index is -4.66. The summed E-state index contributed by atoms with van der Waals surface area (Å²) in [5.41, 5.74) is -1.98. The van der Waals surface area contributed by atoms with Crippen LogP contribution in [0.5, 0.6) is 0 Å². The molecule has 0 bridgehead atoms. The molecule has 0 aromatic heterocycles. The number of carboxylic acid groups (broad SMARTS) is 1. The van der Waals surface area contributed by atoms with Gasteiger partial charge in [0.15, 0.2) is 6.04 Å². The summed E-state index contributed by atoms with van der Waals surface area (Å²) in [6.45, 7) is 5.89. The summed E-state index contributed by atoms with van der Waals surface area (Å²) in [6.07, 6.45) is -5.19. The summed E-state index contributed by atoms with van der Waals surface area (Å²) in [4.78, 5) is 25.6. The molecule has 27 heavy (non-hydrogen) atoms. The molecule has 150 valence electrons. The van der Waals surface area contributed by atoms with Crippen LogP contribution >= 0.6 is 0 Å². The van der Waals surface area contributed by atoms with E-state index in [1.165, 1.54) is 17.0 Å². The second-order valence-electron chi connectivity index (χ2n) is 7.46. The van der Waals surface area contributed by atoms with E-state index in [2.05, 4.69) is 0 Å². The van der Waals surface area contributed by atoms with Crippen molar-refractivity contribution in [3.63, 3.8) is 0 Å². The molecule has 1 amide bonds. The first kappa shape index (κ1) is 21.0. The topological polar surface area (TPSA) is 74.1 Å². The Hall–Kier alpha value is -2.29. The molecule has 6 nitrogen and oxygen atoms in total. The van der Waals surface area contributed by atoms with E-state index in [-0.39, 0.29) is 31.7 Å². The van der Waals surface area contributed by atoms with Gasteiger partial charge in [-0.15, -0.1) is 0 Å². The number of rotatable bonds is 3. The Morgan fingerprint density at radius 3 is 2.19 bits per heavy atom. The molecule has 0 aliphatic carbocycles. The van der Waals surface area contributed by atoms with Gasteiger partial charge in [-0.2, -0.15) is 13.2 Å². The number of nitrogens with zero attached hydrogens (tertiary/aromatic N) is 1. The van der Waals surface area contributed by atoms with Gasteiger partial charge < -0.3 is 19.5 Å². The van der Waals surface area contributed by atoms with E-state index in [0.717, 1.165) is 12.1 Å². The number of piperazine rings is 1. The molecule has 1 aliphatic rings. The van der Waals surface area contributed by atoms with Crippen LogP contribution in [0.15, 0.2) is 24.3 Å². The molecule has 1 aliphatic heterocycles. The molecule has 0 spiro atoms. The number of hydrogen-bond donors (Lipinski definition) is 1. The second kappa shape index (κ2) is 7.75. The Morgan fingerprint density at radius 2 is 1.70 bits per heavy atom. The normalized spacial score (nSPS) is 17.5. The second-order valence-corrected chi connectivity index (χ2v) is 7.46. The van der Waals surface area contributed by atoms with Crippen molar-refractivity contribution in [3.05, 3.63) is 35.4 Å². The number of carbonyl (C=O) groups excluding carboxylic acids is 2. The van der Waals surface area contributed by atoms with Crippen LogP contribution in [0.3, 0.4) is 0 Å². The zero-order valence-corrected chi connectivity index (χ0v) is 15.4. The number of aliphatic carboxylic acids is 1. The van der Waals surface area contributed by atoms with Gasteiger partial charge in [0.1, 0.15) is 11.6 Å². The van der Waals surface area contributed by atoms with Crippen LogP contribution < -0.4 is 10.0 Å². The number of carbonyl (C=O) groups is 2. The molecule has 1 aromatic rings. The van der Waals surface area contributed by atoms with Gasteiger partial charge in [0.2, 0.25) is 0 Å². The van der Waals surface area contributed by atoms with Crippen molar-refractivity contribution >= 4 is 12.1 Å². The zero-order valence-electron chi connectivity index (χ0n) is 15.4. The van der Waals surface area contributed by atoms with Crippen molar-refractivity contribution in [1.29, 1.82) is 0 Å². The maximum atomic E-state index is 13.3. The molecule has 2 rings (SSSR count). The van der Waals surface area contributed by atoms with Crippen LogP contribution in [0.1, 0.15) is 37.9 Å². The number of amides is 1. The van der Waals surface area contributed by atoms with E-state index in [1.807, 2.05) is 0 Å². The van der Waals surface area contributed by atoms with E-state index >= 15 is 0 Å². The Morgan fingerprint density at radius 1 is 1.15 bits per heavy atom. The highest BCUT2D eigenvalue weighted by atomic mass is 19.4. The summed E-state index contributed by atoms with van der Waals surface area (Å²) < 4.78 is 45.1. The van der Waals surface area contributed by atoms with Crippen LogP contribution in [0.2, 0.25) is 0 Å². The molecule has 1 atom stereocenters. The Labute approximate surface area is 155 Å². The molecule has 1 fully saturated rings. The molecule has 1 heterocycles. The average molecular weight is 388 g/mol. The summed E-state index contributed by atoms with van der Waals surface area (Å²) in [5, 5.41) is 11.7. The largest absolute Gasteiger partial charge is 0.544 e. The van der Waals surface area contributed by atoms with Crippen LogP contribution in [0.4, 0.5) is 18.0 Å². The highest BCUT2D eigenvalue weighted by molar-refractivity contribution is 5.72. The molecular formula is C18H23F3N2O4. The number of halogens is 3. The first-order chi connectivity index (χ1) is 12.4. The van der Waals surface area contributed by atoms with Crippen molar-refractivity contribution in [2.24, 2.45) is 0 Å². The minimum absolute atomic E-state index is 0.171. The lowest BCUT2D eigenvalue weighted by Gasteiger charge is -2.38. The van der Waals surface area contributed by atoms with Crippen molar-refractivity contribution in [1.82, 2.24) is 4.90 Å². The smallest absolute Gasteiger partial charge is 0.416 e. The van der Waals surface area contributed by atoms with Gasteiger partial charge in [0.25, 0.3) is 0 Å². The number of quaternary nitrogens is 1. The first-order valence-corrected chi connectivity index (χ1v) is 8.59. The fraction of sp³-hybridized carbons (Fsp3) is 0.556. The summed E-state index contributed by atoms with van der Waals surface area (Å²) in [5.74, 6) is -1.58. The number of hydrogen-bond acceptors (Lipinski definition) is 4. The number of ether oxygens (including phenoxy) is 1. The summed E-state index contributed by atoms with van der Waals surface area (Å²) in [7, 11) is 0. The Balaban J connectivity index is 2.18. The van der Waals surface area contributed by atoms with Gasteiger partial charge >= 0.3 is 12.3 Å². The highest BCUT2D eigenvalue weighted by Gasteiger charge is 2.40. The van der Waals surface area contributed by atoms with Crippen LogP contribution in [-0.4, -0.2) is 48.7 Å². The molecule has 9 heteroatoms. The Bertz CT molecular complexity index is 693. The van der Waals surface area contributed by atoms with E-state index < -0.39 is 35.4 Å². The lowest BCUT2D eigenvalue weighted by molar-refractivity contribution is -0.928. The highest BCUT2D eigenvalue weighted by Crippen LogP contribution is 2.33. The van der Waals surface area contributed by atoms with E-state index in [0.29, 0.717) is 4.90 Å². The van der Waals surface area contributed by atoms with Gasteiger partial charge in [-0.1, -0.05) is 18.2 Å². The summed E-state index contributed by atoms with van der Waals surface area (Å²) >= 11 is 0. The first-order valence-electron chi connectivity index (χ1n) is 8.59. The van der Waals surface area contributed by atoms with Crippen molar-refractivity contribution in [3.8, 4) is 0 Å². The van der Waals surface area contributed by atoms with Crippen LogP contribution in [-0.2, 0) is 15.7 Å². The molecule has 1 aromatic carbocycles. The third-order valence-corrected chi connectivity index (χ3v) is 4.28. The van der Waals surface area contributed by atoms with E-state index in [1.54, 1.807) is 20.8 Å². The minimum Gasteiger partial charge on any atom is -0.544 e. The molecule has 1 N–H and O–H groups in total. The predicted octanol–water partition coefficient (Wildman–Crippen LogP) is 0.632. The van der Waals surface area contributed by atoms with Gasteiger partial charge in [-0.25, -0.2) is 4.79 Å². The molecule has 0 saturated carbocycles. The van der Waals surface area contributed by atoms with Crippen LogP contribution in [0, 0.1) is 0 Å². The number of nitrogens with one attached hydrogen (secondary N) is 1. The molecule has 0 unspecified atom stereocenters. The van der Waals surface area contributed by atoms with Gasteiger partial charge in [0, 0.05) is 5.56 Å². The Kier molecular flexibility index (Phi) is 6.04. The number of alkyl halides is 3. The lowest BCUT2D eigenvalue weighted by atomic mass is 9.98. The van der Waals surface area contributed by atoms with Crippen molar-refractivity contribution < 1.29 is 37.5 Å². The SMILES string of the molecule is CC(C)(C)OC(=O)N1CC[NH+]([C@H](C(=O)[O-])c2ccccc2C(F)(F)F)CC1. The van der Waals surface area contributed by atoms with E-state index in [4.69, 9.17) is 4.74 Å². The predicted molar refractivity (Wildman–Crippen MR) is 87.7 cm³/mol. The van der Waals surface area contributed by atoms with Crippen molar-refractivity contribution in [2.75, 3.05) is 26.2 Å². The third kappa shape index (κ3) is 5.35. The molecule has 1 saturated heterocycles. The van der Waals surface area contributed by atoms with Gasteiger partial charge in [-0.3, -0.25) is 4.90 Å². The van der Waals surface area contributed by atoms with E-state index in [9.17, 15) is 27.9 Å². The number of carboxylic acids is 1. The quantitative estimate of drug-likeness (QED) is 0.825. The van der Waals surface area contributed by atoms with Crippen molar-refractivity contribution in [2.45, 2.75) is 38.6 Å². The standard InChI is InChI=1S/C18H23F3N2O4/c1-17(2,3)27-16(26)23-10-8-22(9-11-23)14(15(24)25)12-6-4-5-7-13(12)18(19,20)21/h4-7,14H,8-11H2,1-3H3,(H,24,25)/t14-/m0/s1. The summed E-state index contributed by atoms with van der Waals surface area (Å²) in [6, 6.07) is 3.15. The fourth-order valence-electron chi connectivity index (χ4n) is 3.11. The van der Waals surface area contributed by atoms with Crippen LogP contribution in [0.25, 0.3) is 0 Å². The lowest BCUT2D eigenvalue weighted by Crippen LogP contribution is -3.16. The third-order valence-electron chi connectivity index (χ3n) is 4.28. The van der Waals surface area contributed by atoms with Gasteiger partial charge in [0.05, 0.1) is 31.7 Å². The zero-order chi connectivity index (χ0) is 20.4. The van der Waals surface area contributed by atoms with Gasteiger partial charge in [-0.05, 0) is 26.8 Å². The monoisotopic (exact) mass is 388 g/mol. The average Bonchev–Trinajstić information content (AvgIpc) is 2.53.